The Balaban J connectivity index is 2.57. The Morgan fingerprint density at radius 2 is 2.27 bits per heavy atom. The van der Waals surface area contributed by atoms with Gasteiger partial charge in [0.05, 0.1) is 11.3 Å². The van der Waals surface area contributed by atoms with Gasteiger partial charge in [-0.1, -0.05) is 12.2 Å². The molecule has 0 aliphatic heterocycles. The molecule has 76 valence electrons. The fourth-order valence-electron chi connectivity index (χ4n) is 1.30. The Kier molecular flexibility index (Phi) is 2.47. The molecule has 2 aromatic heterocycles. The Morgan fingerprint density at radius 1 is 1.47 bits per heavy atom. The highest BCUT2D eigenvalue weighted by atomic mass is 32.1. The molecule has 0 amide bonds. The first-order valence-electron chi connectivity index (χ1n) is 4.46. The summed E-state index contributed by atoms with van der Waals surface area (Å²) in [7, 11) is 0. The number of rotatable bonds is 2. The van der Waals surface area contributed by atoms with Crippen molar-refractivity contribution in [3.63, 3.8) is 0 Å². The molecule has 0 atom stereocenters. The summed E-state index contributed by atoms with van der Waals surface area (Å²) in [5, 5.41) is 4.26. The van der Waals surface area contributed by atoms with Crippen molar-refractivity contribution < 1.29 is 0 Å². The van der Waals surface area contributed by atoms with Crippen molar-refractivity contribution >= 4 is 17.2 Å². The summed E-state index contributed by atoms with van der Waals surface area (Å²) in [6, 6.07) is 5.54. The lowest BCUT2D eigenvalue weighted by Crippen LogP contribution is -2.14. The van der Waals surface area contributed by atoms with Crippen LogP contribution in [0.1, 0.15) is 11.3 Å². The lowest BCUT2D eigenvalue weighted by atomic mass is 10.2. The monoisotopic (exact) mass is 218 g/mol. The van der Waals surface area contributed by atoms with E-state index in [1.54, 1.807) is 16.9 Å². The third kappa shape index (κ3) is 1.87. The number of hydrogen-bond acceptors (Lipinski definition) is 3. The molecule has 0 bridgehead atoms. The van der Waals surface area contributed by atoms with Crippen molar-refractivity contribution in [2.75, 3.05) is 0 Å². The van der Waals surface area contributed by atoms with Crippen LogP contribution in [0, 0.1) is 6.92 Å². The standard InChI is InChI=1S/C10H10N4S/c1-7-4-6-14(13-7)10-8(9(11)15)3-2-5-12-10/h2-6H,1H3,(H2,11,15). The van der Waals surface area contributed by atoms with E-state index in [0.29, 0.717) is 10.8 Å². The zero-order valence-corrected chi connectivity index (χ0v) is 9.03. The summed E-state index contributed by atoms with van der Waals surface area (Å²) in [5.74, 6) is 0.665. The molecule has 5 heteroatoms. The predicted molar refractivity (Wildman–Crippen MR) is 62.0 cm³/mol. The van der Waals surface area contributed by atoms with Crippen molar-refractivity contribution in [3.8, 4) is 5.82 Å². The molecule has 4 nitrogen and oxygen atoms in total. The van der Waals surface area contributed by atoms with E-state index in [0.717, 1.165) is 11.3 Å². The van der Waals surface area contributed by atoms with Crippen molar-refractivity contribution in [2.45, 2.75) is 6.92 Å². The van der Waals surface area contributed by atoms with Crippen LogP contribution in [0.15, 0.2) is 30.6 Å². The molecule has 0 fully saturated rings. The highest BCUT2D eigenvalue weighted by molar-refractivity contribution is 7.80. The van der Waals surface area contributed by atoms with E-state index < -0.39 is 0 Å². The van der Waals surface area contributed by atoms with Gasteiger partial charge in [0.25, 0.3) is 0 Å². The SMILES string of the molecule is Cc1ccn(-c2ncccc2C(N)=S)n1. The molecule has 0 saturated carbocycles. The Bertz CT molecular complexity index is 504. The lowest BCUT2D eigenvalue weighted by molar-refractivity contribution is 0.830. The second-order valence-corrected chi connectivity index (χ2v) is 3.58. The number of nitrogens with zero attached hydrogens (tertiary/aromatic N) is 3. The molecule has 2 rings (SSSR count). The Labute approximate surface area is 92.7 Å². The van der Waals surface area contributed by atoms with E-state index in [1.807, 2.05) is 25.3 Å². The minimum Gasteiger partial charge on any atom is -0.389 e. The maximum Gasteiger partial charge on any atom is 0.163 e. The molecule has 0 spiro atoms. The van der Waals surface area contributed by atoms with Crippen LogP contribution in [-0.4, -0.2) is 19.8 Å². The first kappa shape index (κ1) is 9.79. The highest BCUT2D eigenvalue weighted by Gasteiger charge is 2.08. The highest BCUT2D eigenvalue weighted by Crippen LogP contribution is 2.10. The first-order valence-corrected chi connectivity index (χ1v) is 4.87. The molecule has 0 aliphatic carbocycles. The lowest BCUT2D eigenvalue weighted by Gasteiger charge is -2.05. The largest absolute Gasteiger partial charge is 0.389 e. The van der Waals surface area contributed by atoms with Crippen LogP contribution in [-0.2, 0) is 0 Å². The van der Waals surface area contributed by atoms with E-state index in [1.165, 1.54) is 0 Å². The smallest absolute Gasteiger partial charge is 0.163 e. The third-order valence-electron chi connectivity index (χ3n) is 1.99. The van der Waals surface area contributed by atoms with E-state index >= 15 is 0 Å². The predicted octanol–water partition coefficient (Wildman–Crippen LogP) is 1.21. The summed E-state index contributed by atoms with van der Waals surface area (Å²) in [4.78, 5) is 4.54. The van der Waals surface area contributed by atoms with Crippen LogP contribution in [0.5, 0.6) is 0 Å². The summed E-state index contributed by atoms with van der Waals surface area (Å²) in [6.45, 7) is 1.92. The molecule has 0 aliphatic rings. The van der Waals surface area contributed by atoms with Gasteiger partial charge < -0.3 is 5.73 Å². The van der Waals surface area contributed by atoms with Gasteiger partial charge in [0.15, 0.2) is 5.82 Å². The molecular formula is C10H10N4S. The molecule has 2 aromatic rings. The Morgan fingerprint density at radius 3 is 2.87 bits per heavy atom. The van der Waals surface area contributed by atoms with Crippen molar-refractivity contribution in [1.82, 2.24) is 14.8 Å². The fourth-order valence-corrected chi connectivity index (χ4v) is 1.46. The second-order valence-electron chi connectivity index (χ2n) is 3.14. The normalized spacial score (nSPS) is 10.2. The molecule has 0 radical (unpaired) electrons. The van der Waals surface area contributed by atoms with Gasteiger partial charge in [-0.05, 0) is 25.1 Å². The molecule has 2 N–H and O–H groups in total. The molecular weight excluding hydrogens is 208 g/mol. The van der Waals surface area contributed by atoms with Crippen LogP contribution >= 0.6 is 12.2 Å². The molecule has 15 heavy (non-hydrogen) atoms. The first-order chi connectivity index (χ1) is 7.18. The van der Waals surface area contributed by atoms with Crippen LogP contribution in [0.2, 0.25) is 0 Å². The van der Waals surface area contributed by atoms with Crippen molar-refractivity contribution in [2.24, 2.45) is 5.73 Å². The number of hydrogen-bond donors (Lipinski definition) is 1. The van der Waals surface area contributed by atoms with Gasteiger partial charge in [0.2, 0.25) is 0 Å². The summed E-state index contributed by atoms with van der Waals surface area (Å²) in [6.07, 6.45) is 3.52. The van der Waals surface area contributed by atoms with E-state index in [4.69, 9.17) is 18.0 Å². The van der Waals surface area contributed by atoms with Crippen molar-refractivity contribution in [1.29, 1.82) is 0 Å². The van der Waals surface area contributed by atoms with Gasteiger partial charge in [-0.15, -0.1) is 0 Å². The minimum atomic E-state index is 0.325. The van der Waals surface area contributed by atoms with Crippen LogP contribution in [0.4, 0.5) is 0 Å². The number of aryl methyl sites for hydroxylation is 1. The number of aromatic nitrogens is 3. The summed E-state index contributed by atoms with van der Waals surface area (Å²) < 4.78 is 1.67. The van der Waals surface area contributed by atoms with E-state index in [-0.39, 0.29) is 0 Å². The Hall–Kier alpha value is -1.75. The molecule has 0 aromatic carbocycles. The summed E-state index contributed by atoms with van der Waals surface area (Å²) in [5.41, 5.74) is 7.27. The van der Waals surface area contributed by atoms with E-state index in [9.17, 15) is 0 Å². The number of thiocarbonyl (C=S) groups is 1. The van der Waals surface area contributed by atoms with E-state index in [2.05, 4.69) is 10.1 Å². The van der Waals surface area contributed by atoms with Crippen LogP contribution in [0.3, 0.4) is 0 Å². The molecule has 0 saturated heterocycles. The van der Waals surface area contributed by atoms with Gasteiger partial charge in [-0.2, -0.15) is 5.10 Å². The molecule has 2 heterocycles. The average molecular weight is 218 g/mol. The van der Waals surface area contributed by atoms with Gasteiger partial charge in [0, 0.05) is 12.4 Å². The van der Waals surface area contributed by atoms with Gasteiger partial charge in [0.1, 0.15) is 4.99 Å². The fraction of sp³-hybridized carbons (Fsp3) is 0.100. The average Bonchev–Trinajstić information content (AvgIpc) is 2.65. The third-order valence-corrected chi connectivity index (χ3v) is 2.21. The number of nitrogens with two attached hydrogens (primary N) is 1. The van der Waals surface area contributed by atoms with Gasteiger partial charge in [-0.3, -0.25) is 0 Å². The maximum absolute atomic E-state index is 5.61. The zero-order chi connectivity index (χ0) is 10.8. The van der Waals surface area contributed by atoms with Gasteiger partial charge in [-0.25, -0.2) is 9.67 Å². The second kappa shape index (κ2) is 3.78. The summed E-state index contributed by atoms with van der Waals surface area (Å²) >= 11 is 4.95. The maximum atomic E-state index is 5.61. The number of pyridine rings is 1. The minimum absolute atomic E-state index is 0.325. The van der Waals surface area contributed by atoms with Crippen molar-refractivity contribution in [3.05, 3.63) is 41.9 Å². The van der Waals surface area contributed by atoms with Crippen LogP contribution in [0.25, 0.3) is 5.82 Å². The van der Waals surface area contributed by atoms with Gasteiger partial charge >= 0.3 is 0 Å². The topological polar surface area (TPSA) is 56.7 Å². The van der Waals surface area contributed by atoms with Crippen LogP contribution < -0.4 is 5.73 Å². The molecule has 0 unspecified atom stereocenters. The quantitative estimate of drug-likeness (QED) is 0.770. The zero-order valence-electron chi connectivity index (χ0n) is 8.21.